The van der Waals surface area contributed by atoms with E-state index >= 15 is 0 Å². The van der Waals surface area contributed by atoms with Gasteiger partial charge < -0.3 is 0 Å². The van der Waals surface area contributed by atoms with Crippen molar-refractivity contribution in [3.63, 3.8) is 0 Å². The van der Waals surface area contributed by atoms with Crippen molar-refractivity contribution in [1.29, 1.82) is 0 Å². The number of hydrogen-bond donors (Lipinski definition) is 0. The molecule has 0 aliphatic carbocycles. The van der Waals surface area contributed by atoms with Crippen molar-refractivity contribution in [2.45, 2.75) is 32.6 Å². The van der Waals surface area contributed by atoms with Crippen LogP contribution in [0.1, 0.15) is 11.1 Å². The summed E-state index contributed by atoms with van der Waals surface area (Å²) in [6.45, 7) is 9.51. The molecular weight excluding hydrogens is 260 g/mol. The predicted octanol–water partition coefficient (Wildman–Crippen LogP) is 2.66. The molecule has 0 aliphatic heterocycles. The van der Waals surface area contributed by atoms with Gasteiger partial charge in [0.1, 0.15) is 0 Å². The van der Waals surface area contributed by atoms with E-state index in [1.807, 2.05) is 0 Å². The molecule has 2 aromatic carbocycles. The van der Waals surface area contributed by atoms with Crippen molar-refractivity contribution < 1.29 is 0 Å². The Hall–Kier alpha value is -1.13. The lowest BCUT2D eigenvalue weighted by Crippen LogP contribution is -2.22. The highest BCUT2D eigenvalue weighted by molar-refractivity contribution is 6.71. The van der Waals surface area contributed by atoms with Gasteiger partial charge in [0.05, 0.1) is 17.6 Å². The van der Waals surface area contributed by atoms with Crippen molar-refractivity contribution in [2.24, 2.45) is 0 Å². The summed E-state index contributed by atoms with van der Waals surface area (Å²) >= 11 is 0. The summed E-state index contributed by atoms with van der Waals surface area (Å²) < 4.78 is 0. The molecule has 0 aliphatic rings. The van der Waals surface area contributed by atoms with Crippen LogP contribution >= 0.6 is 0 Å². The number of benzene rings is 2. The van der Waals surface area contributed by atoms with E-state index < -0.39 is 17.6 Å². The maximum Gasteiger partial charge on any atom is 0.0647 e. The van der Waals surface area contributed by atoms with Gasteiger partial charge in [0, 0.05) is 0 Å². The maximum absolute atomic E-state index is 2.38. The fourth-order valence-electron chi connectivity index (χ4n) is 2.28. The second kappa shape index (κ2) is 6.35. The molecule has 0 unspecified atom stereocenters. The van der Waals surface area contributed by atoms with E-state index in [0.29, 0.717) is 0 Å². The lowest BCUT2D eigenvalue weighted by Gasteiger charge is -2.08. The fourth-order valence-corrected chi connectivity index (χ4v) is 4.20. The second-order valence-corrected chi connectivity index (χ2v) is 11.9. The van der Waals surface area contributed by atoms with Gasteiger partial charge in [-0.1, -0.05) is 85.1 Å². The van der Waals surface area contributed by atoms with E-state index in [1.54, 1.807) is 10.4 Å². The first kappa shape index (κ1) is 14.3. The Labute approximate surface area is 120 Å². The van der Waals surface area contributed by atoms with Crippen LogP contribution in [0.25, 0.3) is 0 Å². The molecule has 0 fully saturated rings. The minimum atomic E-state index is -0.648. The Morgan fingerprint density at radius 1 is 0.579 bits per heavy atom. The summed E-state index contributed by atoms with van der Waals surface area (Å²) in [6, 6.07) is 18.5. The quantitative estimate of drug-likeness (QED) is 0.757. The molecule has 0 saturated carbocycles. The van der Waals surface area contributed by atoms with Gasteiger partial charge in [-0.2, -0.15) is 0 Å². The zero-order valence-electron chi connectivity index (χ0n) is 12.5. The normalized spacial score (nSPS) is 11.3. The molecule has 0 saturated heterocycles. The smallest absolute Gasteiger partial charge is 0.0647 e. The first-order chi connectivity index (χ1) is 9.06. The van der Waals surface area contributed by atoms with Crippen molar-refractivity contribution in [3.05, 3.63) is 59.7 Å². The van der Waals surface area contributed by atoms with Crippen LogP contribution in [0.2, 0.25) is 26.2 Å². The molecule has 2 rings (SSSR count). The van der Waals surface area contributed by atoms with E-state index in [4.69, 9.17) is 0 Å². The molecule has 100 valence electrons. The highest BCUT2D eigenvalue weighted by Gasteiger charge is 2.03. The van der Waals surface area contributed by atoms with E-state index in [1.165, 1.54) is 11.1 Å². The maximum atomic E-state index is 2.38. The van der Waals surface area contributed by atoms with Crippen molar-refractivity contribution in [1.82, 2.24) is 0 Å². The minimum Gasteiger partial charge on any atom is -0.0682 e. The molecule has 0 nitrogen and oxygen atoms in total. The zero-order chi connectivity index (χ0) is 13.8. The van der Waals surface area contributed by atoms with Crippen molar-refractivity contribution in [3.8, 4) is 0 Å². The summed E-state index contributed by atoms with van der Waals surface area (Å²) in [7, 11) is -1.30. The SMILES string of the molecule is C[SiH](C)c1ccc(Cc2ccc([SiH](C)C)cc2)cc1. The summed E-state index contributed by atoms with van der Waals surface area (Å²) in [5.41, 5.74) is 2.85. The molecule has 0 bridgehead atoms. The standard InChI is InChI=1S/C17H24Si2/c1-18(2)16-9-5-14(6-10-16)13-15-7-11-17(12-8-15)19(3)4/h5-12,18-19H,13H2,1-4H3. The van der Waals surface area contributed by atoms with E-state index in [0.717, 1.165) is 6.42 Å². The van der Waals surface area contributed by atoms with Crippen LogP contribution in [0.5, 0.6) is 0 Å². The Morgan fingerprint density at radius 2 is 0.895 bits per heavy atom. The third-order valence-electron chi connectivity index (χ3n) is 3.70. The summed E-state index contributed by atoms with van der Waals surface area (Å²) in [6.07, 6.45) is 1.06. The van der Waals surface area contributed by atoms with Gasteiger partial charge in [-0.3, -0.25) is 0 Å². The van der Waals surface area contributed by atoms with Gasteiger partial charge in [-0.05, 0) is 17.5 Å². The van der Waals surface area contributed by atoms with Gasteiger partial charge >= 0.3 is 0 Å². The molecule has 0 radical (unpaired) electrons. The molecule has 0 atom stereocenters. The van der Waals surface area contributed by atoms with Crippen LogP contribution in [0.15, 0.2) is 48.5 Å². The lowest BCUT2D eigenvalue weighted by molar-refractivity contribution is 1.20. The molecular formula is C17H24Si2. The van der Waals surface area contributed by atoms with Crippen LogP contribution in [0.3, 0.4) is 0 Å². The van der Waals surface area contributed by atoms with Gasteiger partial charge in [0.2, 0.25) is 0 Å². The number of rotatable bonds is 4. The topological polar surface area (TPSA) is 0 Å². The van der Waals surface area contributed by atoms with Crippen molar-refractivity contribution >= 4 is 28.0 Å². The lowest BCUT2D eigenvalue weighted by atomic mass is 10.1. The molecule has 0 N–H and O–H groups in total. The van der Waals surface area contributed by atoms with Crippen LogP contribution in [0, 0.1) is 0 Å². The molecule has 0 amide bonds. The molecule has 0 aromatic heterocycles. The van der Waals surface area contributed by atoms with Gasteiger partial charge in [0.25, 0.3) is 0 Å². The van der Waals surface area contributed by atoms with E-state index in [2.05, 4.69) is 74.7 Å². The van der Waals surface area contributed by atoms with Crippen LogP contribution in [0.4, 0.5) is 0 Å². The molecule has 2 aromatic rings. The fraction of sp³-hybridized carbons (Fsp3) is 0.294. The van der Waals surface area contributed by atoms with E-state index in [9.17, 15) is 0 Å². The van der Waals surface area contributed by atoms with Gasteiger partial charge in [-0.25, -0.2) is 0 Å². The predicted molar refractivity (Wildman–Crippen MR) is 92.7 cm³/mol. The Kier molecular flexibility index (Phi) is 4.78. The van der Waals surface area contributed by atoms with E-state index in [-0.39, 0.29) is 0 Å². The third kappa shape index (κ3) is 3.92. The largest absolute Gasteiger partial charge is 0.0682 e. The van der Waals surface area contributed by atoms with Crippen LogP contribution in [-0.2, 0) is 6.42 Å². The van der Waals surface area contributed by atoms with Crippen molar-refractivity contribution in [2.75, 3.05) is 0 Å². The molecule has 2 heteroatoms. The zero-order valence-corrected chi connectivity index (χ0v) is 14.8. The van der Waals surface area contributed by atoms with Gasteiger partial charge in [-0.15, -0.1) is 0 Å². The summed E-state index contributed by atoms with van der Waals surface area (Å²) in [5.74, 6) is 0. The third-order valence-corrected chi connectivity index (χ3v) is 7.14. The first-order valence-corrected chi connectivity index (χ1v) is 13.0. The molecule has 19 heavy (non-hydrogen) atoms. The van der Waals surface area contributed by atoms with Crippen LogP contribution < -0.4 is 10.4 Å². The highest BCUT2D eigenvalue weighted by atomic mass is 28.3. The summed E-state index contributed by atoms with van der Waals surface area (Å²) in [5, 5.41) is 3.12. The average Bonchev–Trinajstić information content (AvgIpc) is 2.40. The van der Waals surface area contributed by atoms with Gasteiger partial charge in [0.15, 0.2) is 0 Å². The Bertz CT molecular complexity index is 460. The average molecular weight is 285 g/mol. The minimum absolute atomic E-state index is 0.648. The second-order valence-electron chi connectivity index (χ2n) is 5.97. The van der Waals surface area contributed by atoms with Crippen LogP contribution in [-0.4, -0.2) is 17.6 Å². The highest BCUT2D eigenvalue weighted by Crippen LogP contribution is 2.08. The molecule has 0 heterocycles. The Morgan fingerprint density at radius 3 is 1.16 bits per heavy atom. The number of hydrogen-bond acceptors (Lipinski definition) is 0. The first-order valence-electron chi connectivity index (χ1n) is 7.24. The Balaban J connectivity index is 2.08. The monoisotopic (exact) mass is 284 g/mol. The molecule has 0 spiro atoms. The summed E-state index contributed by atoms with van der Waals surface area (Å²) in [4.78, 5) is 0.